The van der Waals surface area contributed by atoms with Gasteiger partial charge in [0.25, 0.3) is 0 Å². The standard InChI is InChI=1S/C31H37BN2O2.C25H25BrN2.C12H24B2O4.C2H4O2.K/c1-20(2)24-15-12-16-25(21(3)4)28(24)34-27-18-10-9-17-26(27)33-29(34)22-13-11-14-23(19-22)32-35-30(5,6)31(7,8)36-32;1-16(2)20-11-8-12-21(17(3)4)24(20)28-23-14-6-5-13-22(23)27-25(28)18-9-7-10-19(26)15-18;1-9(2)10(3,4)16-13(15-9)14-17-11(5,6)12(7,8)18-14;1-2(3)4;/h9-21H,1-8H3;5-17H,1-4H3;1-8H3;1H3,(H,3,4);/q;;;;+1/p-1. The molecule has 0 bridgehead atoms. The van der Waals surface area contributed by atoms with Gasteiger partial charge in [0, 0.05) is 21.6 Å². The Morgan fingerprint density at radius 3 is 1.08 bits per heavy atom. The zero-order valence-electron chi connectivity index (χ0n) is 55.7. The first-order valence-corrected chi connectivity index (χ1v) is 31.2. The van der Waals surface area contributed by atoms with Crippen molar-refractivity contribution in [1.29, 1.82) is 0 Å². The van der Waals surface area contributed by atoms with Crippen molar-refractivity contribution >= 4 is 70.6 Å². The van der Waals surface area contributed by atoms with Crippen LogP contribution in [0.3, 0.4) is 0 Å². The monoisotopic (exact) mass is 1260 g/mol. The van der Waals surface area contributed by atoms with E-state index < -0.39 is 27.1 Å². The van der Waals surface area contributed by atoms with Crippen molar-refractivity contribution in [2.24, 2.45) is 0 Å². The molecule has 3 fully saturated rings. The molecule has 87 heavy (non-hydrogen) atoms. The zero-order valence-corrected chi connectivity index (χ0v) is 60.4. The average molecular weight is 1270 g/mol. The first kappa shape index (κ1) is 70.3. The van der Waals surface area contributed by atoms with Gasteiger partial charge in [-0.1, -0.05) is 168 Å². The first-order valence-electron chi connectivity index (χ1n) is 30.4. The number of rotatable bonds is 10. The van der Waals surface area contributed by atoms with Gasteiger partial charge in [-0.25, -0.2) is 9.97 Å². The number of carbonyl (C=O) groups is 1. The smallest absolute Gasteiger partial charge is 0.550 e. The van der Waals surface area contributed by atoms with Gasteiger partial charge in [0.05, 0.1) is 67.0 Å². The summed E-state index contributed by atoms with van der Waals surface area (Å²) in [6, 6.07) is 47.1. The molecule has 5 heterocycles. The zero-order chi connectivity index (χ0) is 63.2. The van der Waals surface area contributed by atoms with Crippen LogP contribution < -0.4 is 62.0 Å². The third-order valence-corrected chi connectivity index (χ3v) is 18.3. The van der Waals surface area contributed by atoms with Crippen LogP contribution in [0.15, 0.2) is 138 Å². The predicted octanol–water partition coefficient (Wildman–Crippen LogP) is 12.9. The number of carbonyl (C=O) groups excluding carboxylic acids is 1. The van der Waals surface area contributed by atoms with E-state index in [9.17, 15) is 0 Å². The third kappa shape index (κ3) is 14.9. The Kier molecular flexibility index (Phi) is 22.1. The fourth-order valence-corrected chi connectivity index (χ4v) is 11.3. The van der Waals surface area contributed by atoms with E-state index in [1.807, 2.05) is 55.4 Å². The minimum absolute atomic E-state index is 0. The molecule has 0 amide bonds. The third-order valence-electron chi connectivity index (χ3n) is 17.8. The molecule has 17 heteroatoms. The van der Waals surface area contributed by atoms with Gasteiger partial charge in [0.15, 0.2) is 0 Å². The van der Waals surface area contributed by atoms with Gasteiger partial charge in [0.1, 0.15) is 11.6 Å². The summed E-state index contributed by atoms with van der Waals surface area (Å²) in [5.74, 6) is 2.44. The van der Waals surface area contributed by atoms with Gasteiger partial charge in [0.2, 0.25) is 0 Å². The molecule has 0 saturated carbocycles. The fraction of sp³-hybridized carbons (Fsp3) is 0.443. The van der Waals surface area contributed by atoms with Crippen LogP contribution in [0, 0.1) is 0 Å². The number of carboxylic acid groups (broad SMARTS) is 1. The number of hydrogen-bond donors (Lipinski definition) is 0. The molecule has 0 atom stereocenters. The predicted molar refractivity (Wildman–Crippen MR) is 356 cm³/mol. The van der Waals surface area contributed by atoms with Gasteiger partial charge < -0.3 is 37.8 Å². The second kappa shape index (κ2) is 27.3. The Morgan fingerprint density at radius 1 is 0.448 bits per heavy atom. The molecule has 11 rings (SSSR count). The normalized spacial score (nSPS) is 17.7. The number of para-hydroxylation sites is 6. The molecule has 0 unspecified atom stereocenters. The molecular weight excluding hydrogens is 1180 g/mol. The summed E-state index contributed by atoms with van der Waals surface area (Å²) in [5.41, 5.74) is 13.1. The van der Waals surface area contributed by atoms with E-state index in [0.717, 1.165) is 61.7 Å². The second-order valence-electron chi connectivity index (χ2n) is 27.2. The summed E-state index contributed by atoms with van der Waals surface area (Å²) in [6.07, 6.45) is 0. The Balaban J connectivity index is 0.000000188. The Morgan fingerprint density at radius 2 is 0.747 bits per heavy atom. The summed E-state index contributed by atoms with van der Waals surface area (Å²) in [7, 11) is -1.37. The van der Waals surface area contributed by atoms with Crippen LogP contribution in [-0.2, 0) is 32.7 Å². The van der Waals surface area contributed by atoms with E-state index in [1.54, 1.807) is 0 Å². The van der Waals surface area contributed by atoms with Gasteiger partial charge >= 0.3 is 72.5 Å². The van der Waals surface area contributed by atoms with Crippen molar-refractivity contribution in [1.82, 2.24) is 19.1 Å². The maximum absolute atomic E-state index is 8.89. The van der Waals surface area contributed by atoms with Crippen molar-refractivity contribution < 1.29 is 89.2 Å². The van der Waals surface area contributed by atoms with E-state index >= 15 is 0 Å². The molecule has 3 aliphatic rings. The Hall–Kier alpha value is -4.20. The van der Waals surface area contributed by atoms with Crippen molar-refractivity contribution in [2.45, 2.75) is 203 Å². The van der Waals surface area contributed by atoms with E-state index in [0.29, 0.717) is 23.7 Å². The summed E-state index contributed by atoms with van der Waals surface area (Å²) in [4.78, 5) is 19.1. The number of imidazole rings is 2. The van der Waals surface area contributed by atoms with Gasteiger partial charge in [-0.05, 0) is 178 Å². The maximum atomic E-state index is 8.89. The topological polar surface area (TPSA) is 131 Å². The first-order chi connectivity index (χ1) is 40.1. The van der Waals surface area contributed by atoms with Crippen LogP contribution in [0.2, 0.25) is 0 Å². The van der Waals surface area contributed by atoms with Crippen LogP contribution in [0.4, 0.5) is 0 Å². The minimum atomic E-state index is -1.08. The van der Waals surface area contributed by atoms with Crippen LogP contribution in [0.1, 0.15) is 191 Å². The molecule has 3 saturated heterocycles. The number of hydrogen-bond acceptors (Lipinski definition) is 10. The number of aliphatic carboxylic acids is 1. The Labute approximate surface area is 570 Å². The van der Waals surface area contributed by atoms with E-state index in [4.69, 9.17) is 47.8 Å². The molecule has 12 nitrogen and oxygen atoms in total. The average Bonchev–Trinajstić information content (AvgIpc) is 1.69. The molecule has 454 valence electrons. The van der Waals surface area contributed by atoms with E-state index in [2.05, 4.69) is 242 Å². The number of benzene rings is 6. The number of aromatic nitrogens is 4. The van der Waals surface area contributed by atoms with Gasteiger partial charge in [-0.15, -0.1) is 0 Å². The van der Waals surface area contributed by atoms with Crippen LogP contribution in [-0.4, -0.2) is 79.8 Å². The summed E-state index contributed by atoms with van der Waals surface area (Å²) >= 11 is 3.62. The van der Waals surface area contributed by atoms with Gasteiger partial charge in [-0.2, -0.15) is 0 Å². The van der Waals surface area contributed by atoms with Crippen molar-refractivity contribution in [3.63, 3.8) is 0 Å². The number of fused-ring (bicyclic) bond motifs is 2. The van der Waals surface area contributed by atoms with Crippen molar-refractivity contribution in [2.75, 3.05) is 0 Å². The molecule has 3 aliphatic heterocycles. The fourth-order valence-electron chi connectivity index (χ4n) is 10.9. The Bertz CT molecular complexity index is 3580. The molecule has 8 aromatic rings. The SMILES string of the molecule is CC(=O)[O-].CC(C)c1cccc(C(C)C)c1-n1c(-c2cccc(B3OC(C)(C)C(C)(C)O3)c2)nc2ccccc21.CC(C)c1cccc(C(C)C)c1-n1c(-c2cccc(Br)c2)nc2ccccc21.CC1(C)OB(B2OC(C)(C)C(C)(C)O2)OC1(C)C.[K+]. The molecule has 0 radical (unpaired) electrons. The quantitative estimate of drug-likeness (QED) is 0.122. The second-order valence-corrected chi connectivity index (χ2v) is 28.1. The number of halogens is 1. The largest absolute Gasteiger partial charge is 1.00 e. The summed E-state index contributed by atoms with van der Waals surface area (Å²) in [6.45, 7) is 43.7. The van der Waals surface area contributed by atoms with Gasteiger partial charge in [-0.3, -0.25) is 9.13 Å². The van der Waals surface area contributed by atoms with Crippen LogP contribution >= 0.6 is 15.9 Å². The van der Waals surface area contributed by atoms with E-state index in [1.165, 1.54) is 33.6 Å². The molecule has 0 spiro atoms. The molecule has 2 aromatic heterocycles. The van der Waals surface area contributed by atoms with Crippen LogP contribution in [0.25, 0.3) is 56.2 Å². The van der Waals surface area contributed by atoms with Crippen molar-refractivity contribution in [3.8, 4) is 34.2 Å². The maximum Gasteiger partial charge on any atom is 1.00 e. The number of nitrogens with zero attached hydrogens (tertiary/aromatic N) is 4. The summed E-state index contributed by atoms with van der Waals surface area (Å²) < 4.78 is 42.4. The van der Waals surface area contributed by atoms with Crippen molar-refractivity contribution in [3.05, 3.63) is 160 Å². The molecular formula is C70H89B3BrKN4O8. The molecule has 0 aliphatic carbocycles. The molecule has 0 N–H and O–H groups in total. The minimum Gasteiger partial charge on any atom is -0.550 e. The van der Waals surface area contributed by atoms with Crippen LogP contribution in [0.5, 0.6) is 0 Å². The van der Waals surface area contributed by atoms with E-state index in [-0.39, 0.29) is 85.0 Å². The summed E-state index contributed by atoms with van der Waals surface area (Å²) in [5, 5.41) is 8.89. The molecule has 6 aromatic carbocycles. The number of carboxylic acids is 1.